The van der Waals surface area contributed by atoms with Crippen molar-refractivity contribution in [2.75, 3.05) is 10.6 Å². The van der Waals surface area contributed by atoms with Gasteiger partial charge in [-0.2, -0.15) is 10.5 Å². The highest BCUT2D eigenvalue weighted by molar-refractivity contribution is 7.15. The van der Waals surface area contributed by atoms with Crippen LogP contribution in [0.25, 0.3) is 0 Å². The third kappa shape index (κ3) is 6.54. The first-order valence-electron chi connectivity index (χ1n) is 12.7. The van der Waals surface area contributed by atoms with Crippen LogP contribution in [-0.4, -0.2) is 32.2 Å². The van der Waals surface area contributed by atoms with E-state index in [9.17, 15) is 20.1 Å². The lowest BCUT2D eigenvalue weighted by Gasteiger charge is -2.25. The van der Waals surface area contributed by atoms with Crippen LogP contribution in [-0.2, 0) is 22.4 Å². The predicted molar refractivity (Wildman–Crippen MR) is 151 cm³/mol. The molecule has 2 aromatic carbocycles. The number of nitrogens with one attached hydrogen (secondary N) is 2. The summed E-state index contributed by atoms with van der Waals surface area (Å²) in [5, 5.41) is 43.8. The summed E-state index contributed by atoms with van der Waals surface area (Å²) in [6.45, 7) is 0. The van der Waals surface area contributed by atoms with Crippen molar-refractivity contribution in [1.29, 1.82) is 10.5 Å². The maximum absolute atomic E-state index is 12.5. The van der Waals surface area contributed by atoms with Crippen molar-refractivity contribution in [1.82, 2.24) is 20.4 Å². The van der Waals surface area contributed by atoms with Gasteiger partial charge in [-0.1, -0.05) is 65.5 Å². The molecule has 1 saturated carbocycles. The minimum Gasteiger partial charge on any atom is -0.300 e. The molecule has 5 rings (SSSR count). The Hall–Kier alpha value is -4.52. The normalized spacial score (nSPS) is 16.4. The molecule has 0 bridgehead atoms. The van der Waals surface area contributed by atoms with Gasteiger partial charge in [-0.3, -0.25) is 9.59 Å². The number of hydrogen-bond donors (Lipinski definition) is 2. The number of hydrogen-bond acceptors (Lipinski definition) is 10. The highest BCUT2D eigenvalue weighted by Crippen LogP contribution is 2.43. The molecular formula is C28H24N8O2S2. The molecule has 1 unspecified atom stereocenters. The number of carbonyl (C=O) groups is 2. The number of rotatable bonds is 8. The molecular weight excluding hydrogens is 544 g/mol. The monoisotopic (exact) mass is 568 g/mol. The fourth-order valence-corrected chi connectivity index (χ4v) is 6.59. The zero-order valence-corrected chi connectivity index (χ0v) is 23.0. The molecule has 2 aromatic heterocycles. The van der Waals surface area contributed by atoms with Crippen LogP contribution in [0, 0.1) is 22.7 Å². The van der Waals surface area contributed by atoms with Crippen LogP contribution >= 0.6 is 22.7 Å². The van der Waals surface area contributed by atoms with Crippen molar-refractivity contribution in [3.8, 4) is 12.1 Å². The molecule has 0 radical (unpaired) electrons. The van der Waals surface area contributed by atoms with Gasteiger partial charge in [0.15, 0.2) is 0 Å². The maximum Gasteiger partial charge on any atom is 0.230 e. The van der Waals surface area contributed by atoms with E-state index >= 15 is 0 Å². The fourth-order valence-electron chi connectivity index (χ4n) is 4.78. The molecule has 2 amide bonds. The highest BCUT2D eigenvalue weighted by Gasteiger charge is 2.29. The number of carbonyl (C=O) groups excluding carboxylic acids is 2. The molecule has 12 heteroatoms. The van der Waals surface area contributed by atoms with E-state index in [-0.39, 0.29) is 36.5 Å². The van der Waals surface area contributed by atoms with E-state index in [4.69, 9.17) is 0 Å². The average Bonchev–Trinajstić information content (AvgIpc) is 3.63. The number of benzene rings is 2. The van der Waals surface area contributed by atoms with Gasteiger partial charge in [0.1, 0.15) is 10.0 Å². The van der Waals surface area contributed by atoms with E-state index < -0.39 is 0 Å². The molecule has 200 valence electrons. The summed E-state index contributed by atoms with van der Waals surface area (Å²) >= 11 is 2.74. The smallest absolute Gasteiger partial charge is 0.230 e. The number of aromatic nitrogens is 4. The van der Waals surface area contributed by atoms with E-state index in [0.717, 1.165) is 35.7 Å². The number of nitrogens with zero attached hydrogens (tertiary/aromatic N) is 6. The summed E-state index contributed by atoms with van der Waals surface area (Å²) in [6.07, 6.45) is 3.93. The molecule has 2 atom stereocenters. The topological polar surface area (TPSA) is 157 Å². The first kappa shape index (κ1) is 27.1. The Balaban J connectivity index is 1.17. The molecule has 10 nitrogen and oxygen atoms in total. The van der Waals surface area contributed by atoms with Crippen LogP contribution in [0.2, 0.25) is 0 Å². The van der Waals surface area contributed by atoms with Gasteiger partial charge in [0.05, 0.1) is 36.1 Å². The van der Waals surface area contributed by atoms with Gasteiger partial charge in [0, 0.05) is 11.8 Å². The number of anilines is 2. The van der Waals surface area contributed by atoms with E-state index in [1.165, 1.54) is 22.7 Å². The Morgan fingerprint density at radius 1 is 0.750 bits per heavy atom. The lowest BCUT2D eigenvalue weighted by atomic mass is 9.82. The fraction of sp³-hybridized carbons (Fsp3) is 0.286. The second-order valence-electron chi connectivity index (χ2n) is 9.44. The van der Waals surface area contributed by atoms with Gasteiger partial charge in [-0.05, 0) is 42.5 Å². The third-order valence-electron chi connectivity index (χ3n) is 6.72. The molecule has 4 aromatic rings. The quantitative estimate of drug-likeness (QED) is 0.303. The van der Waals surface area contributed by atoms with E-state index in [0.29, 0.717) is 32.5 Å². The minimum absolute atomic E-state index is 0.0882. The van der Waals surface area contributed by atoms with E-state index in [2.05, 4.69) is 43.2 Å². The predicted octanol–water partition coefficient (Wildman–Crippen LogP) is 4.94. The Bertz CT molecular complexity index is 1500. The van der Waals surface area contributed by atoms with Gasteiger partial charge < -0.3 is 10.6 Å². The van der Waals surface area contributed by atoms with Crippen molar-refractivity contribution in [3.63, 3.8) is 0 Å². The second kappa shape index (κ2) is 12.6. The lowest BCUT2D eigenvalue weighted by molar-refractivity contribution is -0.116. The molecule has 40 heavy (non-hydrogen) atoms. The SMILES string of the molecule is N#Cc1ccccc1CC(=O)Nc1nnc(C2CCC[C@H](c3nnc(NC(=O)Cc4ccccc4C#N)s3)C2)s1. The van der Waals surface area contributed by atoms with E-state index in [1.54, 1.807) is 48.5 Å². The summed E-state index contributed by atoms with van der Waals surface area (Å²) in [6, 6.07) is 18.3. The van der Waals surface area contributed by atoms with Gasteiger partial charge in [-0.15, -0.1) is 20.4 Å². The summed E-state index contributed by atoms with van der Waals surface area (Å²) in [7, 11) is 0. The van der Waals surface area contributed by atoms with Crippen molar-refractivity contribution in [2.24, 2.45) is 0 Å². The van der Waals surface area contributed by atoms with Gasteiger partial charge >= 0.3 is 0 Å². The van der Waals surface area contributed by atoms with Crippen molar-refractivity contribution < 1.29 is 9.59 Å². The zero-order valence-electron chi connectivity index (χ0n) is 21.3. The lowest BCUT2D eigenvalue weighted by Crippen LogP contribution is -2.15. The van der Waals surface area contributed by atoms with Gasteiger partial charge in [0.2, 0.25) is 22.1 Å². The average molecular weight is 569 g/mol. The summed E-state index contributed by atoms with van der Waals surface area (Å²) in [4.78, 5) is 25.1. The minimum atomic E-state index is -0.244. The first-order valence-corrected chi connectivity index (χ1v) is 14.4. The molecule has 0 aliphatic heterocycles. The molecule has 0 saturated heterocycles. The Kier molecular flexibility index (Phi) is 8.50. The molecule has 2 N–H and O–H groups in total. The van der Waals surface area contributed by atoms with E-state index in [1.807, 2.05) is 0 Å². The Labute approximate surface area is 238 Å². The second-order valence-corrected chi connectivity index (χ2v) is 11.5. The Morgan fingerprint density at radius 3 is 1.65 bits per heavy atom. The van der Waals surface area contributed by atoms with Crippen LogP contribution in [0.15, 0.2) is 48.5 Å². The van der Waals surface area contributed by atoms with Crippen molar-refractivity contribution >= 4 is 44.8 Å². The molecule has 1 fully saturated rings. The standard InChI is InChI=1S/C28H24N8O2S2/c29-15-21-8-3-1-6-17(21)13-23(37)31-27-35-33-25(39-27)19-10-5-11-20(12-19)26-34-36-28(40-26)32-24(38)14-18-7-2-4-9-22(18)16-30/h1-4,6-9,19-20H,5,10-14H2,(H,31,35,37)(H,32,36,38)/t19-,20?/m0/s1. The van der Waals surface area contributed by atoms with Crippen LogP contribution in [0.4, 0.5) is 10.3 Å². The van der Waals surface area contributed by atoms with Gasteiger partial charge in [-0.25, -0.2) is 0 Å². The largest absolute Gasteiger partial charge is 0.300 e. The zero-order chi connectivity index (χ0) is 27.9. The summed E-state index contributed by atoms with van der Waals surface area (Å²) in [5.74, 6) is -0.116. The van der Waals surface area contributed by atoms with Crippen molar-refractivity contribution in [2.45, 2.75) is 50.4 Å². The van der Waals surface area contributed by atoms with Crippen molar-refractivity contribution in [3.05, 3.63) is 80.8 Å². The summed E-state index contributed by atoms with van der Waals surface area (Å²) < 4.78 is 0. The summed E-state index contributed by atoms with van der Waals surface area (Å²) in [5.41, 5.74) is 2.30. The van der Waals surface area contributed by atoms with Crippen LogP contribution in [0.1, 0.15) is 69.8 Å². The highest BCUT2D eigenvalue weighted by atomic mass is 32.1. The Morgan fingerprint density at radius 2 is 1.20 bits per heavy atom. The molecule has 0 spiro atoms. The van der Waals surface area contributed by atoms with Crippen LogP contribution in [0.3, 0.4) is 0 Å². The molecule has 1 aliphatic carbocycles. The van der Waals surface area contributed by atoms with Crippen LogP contribution < -0.4 is 10.6 Å². The van der Waals surface area contributed by atoms with Crippen LogP contribution in [0.5, 0.6) is 0 Å². The van der Waals surface area contributed by atoms with Gasteiger partial charge in [0.25, 0.3) is 0 Å². The number of nitriles is 2. The number of amides is 2. The third-order valence-corrected chi connectivity index (χ3v) is 8.73. The maximum atomic E-state index is 12.5. The molecule has 2 heterocycles. The molecule has 1 aliphatic rings. The first-order chi connectivity index (χ1) is 19.5.